The number of hydroxylamine groups is 1. The molecule has 2 saturated heterocycles. The van der Waals surface area contributed by atoms with E-state index in [1.54, 1.807) is 6.20 Å². The summed E-state index contributed by atoms with van der Waals surface area (Å²) in [5.74, 6) is 2.04. The SMILES string of the molecule is CC1CCC(Oc2nccc(N3C[C@@H]4COC[C@@H]4O3)n2)CC1. The molecule has 3 fully saturated rings. The Morgan fingerprint density at radius 2 is 2.09 bits per heavy atom. The molecule has 6 nitrogen and oxygen atoms in total. The first kappa shape index (κ1) is 14.2. The van der Waals surface area contributed by atoms with Crippen molar-refractivity contribution in [2.75, 3.05) is 24.8 Å². The molecule has 0 spiro atoms. The summed E-state index contributed by atoms with van der Waals surface area (Å²) >= 11 is 0. The summed E-state index contributed by atoms with van der Waals surface area (Å²) in [7, 11) is 0. The lowest BCUT2D eigenvalue weighted by Crippen LogP contribution is -2.25. The number of anilines is 1. The number of ether oxygens (including phenoxy) is 2. The van der Waals surface area contributed by atoms with Crippen LogP contribution in [0.5, 0.6) is 6.01 Å². The van der Waals surface area contributed by atoms with Crippen molar-refractivity contribution in [2.24, 2.45) is 11.8 Å². The average molecular weight is 305 g/mol. The van der Waals surface area contributed by atoms with E-state index in [1.165, 1.54) is 12.8 Å². The van der Waals surface area contributed by atoms with Crippen LogP contribution in [0.15, 0.2) is 12.3 Å². The summed E-state index contributed by atoms with van der Waals surface area (Å²) in [5.41, 5.74) is 0. The molecular weight excluding hydrogens is 282 g/mol. The summed E-state index contributed by atoms with van der Waals surface area (Å²) < 4.78 is 11.4. The van der Waals surface area contributed by atoms with E-state index < -0.39 is 0 Å². The zero-order chi connectivity index (χ0) is 14.9. The van der Waals surface area contributed by atoms with Crippen LogP contribution in [0, 0.1) is 11.8 Å². The molecule has 3 aliphatic rings. The molecule has 0 aromatic carbocycles. The lowest BCUT2D eigenvalue weighted by molar-refractivity contribution is 0.0529. The first-order valence-corrected chi connectivity index (χ1v) is 8.29. The summed E-state index contributed by atoms with van der Waals surface area (Å²) in [4.78, 5) is 14.7. The predicted octanol–water partition coefficient (Wildman–Crippen LogP) is 2.20. The van der Waals surface area contributed by atoms with Crippen molar-refractivity contribution in [1.29, 1.82) is 0 Å². The fourth-order valence-electron chi connectivity index (χ4n) is 3.46. The highest BCUT2D eigenvalue weighted by Crippen LogP contribution is 2.30. The van der Waals surface area contributed by atoms with Gasteiger partial charge in [-0.1, -0.05) is 6.92 Å². The Morgan fingerprint density at radius 3 is 2.91 bits per heavy atom. The van der Waals surface area contributed by atoms with Gasteiger partial charge < -0.3 is 9.47 Å². The number of rotatable bonds is 3. The first-order valence-electron chi connectivity index (χ1n) is 8.29. The Morgan fingerprint density at radius 1 is 1.23 bits per heavy atom. The van der Waals surface area contributed by atoms with Crippen molar-refractivity contribution in [3.63, 3.8) is 0 Å². The topological polar surface area (TPSA) is 56.7 Å². The van der Waals surface area contributed by atoms with Crippen LogP contribution in [0.2, 0.25) is 0 Å². The molecule has 1 aromatic heterocycles. The third-order valence-electron chi connectivity index (χ3n) is 4.91. The quantitative estimate of drug-likeness (QED) is 0.853. The van der Waals surface area contributed by atoms with Gasteiger partial charge in [-0.15, -0.1) is 0 Å². The third kappa shape index (κ3) is 2.90. The number of hydrogen-bond acceptors (Lipinski definition) is 6. The minimum absolute atomic E-state index is 0.166. The van der Waals surface area contributed by atoms with Crippen LogP contribution in [0.4, 0.5) is 5.82 Å². The molecule has 0 bridgehead atoms. The molecule has 0 amide bonds. The van der Waals surface area contributed by atoms with E-state index in [2.05, 4.69) is 16.9 Å². The molecule has 3 heterocycles. The molecule has 120 valence electrons. The first-order chi connectivity index (χ1) is 10.8. The third-order valence-corrected chi connectivity index (χ3v) is 4.91. The molecule has 22 heavy (non-hydrogen) atoms. The van der Waals surface area contributed by atoms with Crippen molar-refractivity contribution in [1.82, 2.24) is 9.97 Å². The molecule has 6 heteroatoms. The van der Waals surface area contributed by atoms with Gasteiger partial charge in [0.1, 0.15) is 12.2 Å². The molecule has 0 unspecified atom stereocenters. The molecule has 2 aliphatic heterocycles. The normalized spacial score (nSPS) is 34.7. The second-order valence-electron chi connectivity index (χ2n) is 6.70. The average Bonchev–Trinajstić information content (AvgIpc) is 3.11. The maximum absolute atomic E-state index is 5.97. The fourth-order valence-corrected chi connectivity index (χ4v) is 3.46. The molecule has 4 rings (SSSR count). The minimum Gasteiger partial charge on any atom is -0.460 e. The number of aromatic nitrogens is 2. The highest BCUT2D eigenvalue weighted by molar-refractivity contribution is 5.36. The summed E-state index contributed by atoms with van der Waals surface area (Å²) in [6, 6.07) is 2.34. The zero-order valence-electron chi connectivity index (χ0n) is 13.0. The summed E-state index contributed by atoms with van der Waals surface area (Å²) in [6.45, 7) is 4.58. The van der Waals surface area contributed by atoms with Gasteiger partial charge in [0.2, 0.25) is 0 Å². The van der Waals surface area contributed by atoms with Crippen LogP contribution < -0.4 is 9.80 Å². The van der Waals surface area contributed by atoms with E-state index in [0.29, 0.717) is 18.5 Å². The summed E-state index contributed by atoms with van der Waals surface area (Å²) in [6.07, 6.45) is 6.80. The van der Waals surface area contributed by atoms with Gasteiger partial charge in [0.05, 0.1) is 19.8 Å². The second kappa shape index (κ2) is 6.01. The van der Waals surface area contributed by atoms with Crippen LogP contribution in [0.1, 0.15) is 32.6 Å². The van der Waals surface area contributed by atoms with E-state index in [0.717, 1.165) is 37.7 Å². The molecule has 1 aromatic rings. The Bertz CT molecular complexity index is 507. The van der Waals surface area contributed by atoms with Crippen molar-refractivity contribution in [3.8, 4) is 6.01 Å². The largest absolute Gasteiger partial charge is 0.460 e. The Balaban J connectivity index is 1.40. The standard InChI is InChI=1S/C16H23N3O3/c1-11-2-4-13(5-3-11)21-16-17-7-6-15(18-16)19-8-12-9-20-10-14(12)22-19/h6-7,11-14H,2-5,8-10H2,1H3/t11?,12-,13?,14+/m1/s1. The van der Waals surface area contributed by atoms with Crippen LogP contribution in [-0.4, -0.2) is 41.9 Å². The van der Waals surface area contributed by atoms with Crippen molar-refractivity contribution >= 4 is 5.82 Å². The number of fused-ring (bicyclic) bond motifs is 1. The smallest absolute Gasteiger partial charge is 0.318 e. The van der Waals surface area contributed by atoms with Crippen LogP contribution in [0.25, 0.3) is 0 Å². The Kier molecular flexibility index (Phi) is 3.88. The van der Waals surface area contributed by atoms with E-state index in [1.807, 2.05) is 11.1 Å². The van der Waals surface area contributed by atoms with E-state index in [4.69, 9.17) is 14.3 Å². The van der Waals surface area contributed by atoms with Gasteiger partial charge in [-0.2, -0.15) is 4.98 Å². The Labute approximate surface area is 130 Å². The van der Waals surface area contributed by atoms with Gasteiger partial charge in [0, 0.05) is 18.2 Å². The monoisotopic (exact) mass is 305 g/mol. The maximum Gasteiger partial charge on any atom is 0.318 e. The molecule has 1 saturated carbocycles. The van der Waals surface area contributed by atoms with Gasteiger partial charge in [-0.3, -0.25) is 4.84 Å². The Hall–Kier alpha value is -1.40. The molecule has 2 atom stereocenters. The van der Waals surface area contributed by atoms with Gasteiger partial charge in [0.15, 0.2) is 5.82 Å². The molecule has 0 N–H and O–H groups in total. The summed E-state index contributed by atoms with van der Waals surface area (Å²) in [5, 5.41) is 1.86. The maximum atomic E-state index is 5.97. The van der Waals surface area contributed by atoms with Gasteiger partial charge >= 0.3 is 6.01 Å². The number of hydrogen-bond donors (Lipinski definition) is 0. The highest BCUT2D eigenvalue weighted by Gasteiger charge is 2.39. The van der Waals surface area contributed by atoms with Crippen LogP contribution in [0.3, 0.4) is 0 Å². The lowest BCUT2D eigenvalue weighted by atomic mass is 9.89. The van der Waals surface area contributed by atoms with Crippen LogP contribution >= 0.6 is 0 Å². The van der Waals surface area contributed by atoms with Crippen LogP contribution in [-0.2, 0) is 9.57 Å². The highest BCUT2D eigenvalue weighted by atomic mass is 16.7. The van der Waals surface area contributed by atoms with E-state index >= 15 is 0 Å². The van der Waals surface area contributed by atoms with Crippen molar-refractivity contribution < 1.29 is 14.3 Å². The molecule has 1 aliphatic carbocycles. The second-order valence-corrected chi connectivity index (χ2v) is 6.70. The van der Waals surface area contributed by atoms with Gasteiger partial charge in [0.25, 0.3) is 0 Å². The fraction of sp³-hybridized carbons (Fsp3) is 0.750. The van der Waals surface area contributed by atoms with Gasteiger partial charge in [-0.05, 0) is 31.6 Å². The van der Waals surface area contributed by atoms with Gasteiger partial charge in [-0.25, -0.2) is 10.0 Å². The van der Waals surface area contributed by atoms with E-state index in [9.17, 15) is 0 Å². The molecular formula is C16H23N3O3. The zero-order valence-corrected chi connectivity index (χ0v) is 13.0. The lowest BCUT2D eigenvalue weighted by Gasteiger charge is -2.26. The predicted molar refractivity (Wildman–Crippen MR) is 80.6 cm³/mol. The van der Waals surface area contributed by atoms with E-state index in [-0.39, 0.29) is 12.2 Å². The van der Waals surface area contributed by atoms with Crippen molar-refractivity contribution in [2.45, 2.75) is 44.8 Å². The minimum atomic E-state index is 0.166. The molecule has 0 radical (unpaired) electrons. The number of nitrogens with zero attached hydrogens (tertiary/aromatic N) is 3. The van der Waals surface area contributed by atoms with Crippen molar-refractivity contribution in [3.05, 3.63) is 12.3 Å².